The molecule has 4 nitrogen and oxygen atoms in total. The molecule has 2 aromatic rings. The highest BCUT2D eigenvalue weighted by atomic mass is 32.1. The molecule has 0 bridgehead atoms. The number of hydrogen-bond acceptors (Lipinski definition) is 5. The molecule has 1 aliphatic heterocycles. The standard InChI is InChI=1S/C18H22F3N3OS/c1-11-5-4-8-24(11)10-15-16(23-17(26-15)22-12(2)25)13-6-3-7-14(9-13)18(19,20)21/h3,6-7,9,11-12,25H,4-5,8,10H2,1-2H3,(H,22,23)/t11-,12?/m1/s1. The van der Waals surface area contributed by atoms with Crippen molar-refractivity contribution in [2.24, 2.45) is 0 Å². The van der Waals surface area contributed by atoms with Gasteiger partial charge in [0.25, 0.3) is 0 Å². The van der Waals surface area contributed by atoms with Crippen LogP contribution in [-0.4, -0.2) is 33.8 Å². The number of halogens is 3. The summed E-state index contributed by atoms with van der Waals surface area (Å²) < 4.78 is 39.2. The van der Waals surface area contributed by atoms with Crippen LogP contribution in [-0.2, 0) is 12.7 Å². The molecule has 1 aliphatic rings. The van der Waals surface area contributed by atoms with Gasteiger partial charge in [0, 0.05) is 23.0 Å². The van der Waals surface area contributed by atoms with E-state index in [0.29, 0.717) is 29.0 Å². The maximum Gasteiger partial charge on any atom is 0.416 e. The molecule has 0 spiro atoms. The molecular weight excluding hydrogens is 363 g/mol. The molecule has 142 valence electrons. The van der Waals surface area contributed by atoms with Crippen LogP contribution in [0.3, 0.4) is 0 Å². The summed E-state index contributed by atoms with van der Waals surface area (Å²) >= 11 is 1.38. The van der Waals surface area contributed by atoms with Crippen molar-refractivity contribution in [2.75, 3.05) is 11.9 Å². The van der Waals surface area contributed by atoms with E-state index < -0.39 is 18.0 Å². The molecule has 0 aliphatic carbocycles. The highest BCUT2D eigenvalue weighted by Crippen LogP contribution is 2.37. The Kier molecular flexibility index (Phi) is 5.55. The van der Waals surface area contributed by atoms with Gasteiger partial charge in [-0.3, -0.25) is 4.90 Å². The Morgan fingerprint density at radius 3 is 2.81 bits per heavy atom. The van der Waals surface area contributed by atoms with Gasteiger partial charge < -0.3 is 10.4 Å². The molecule has 2 heterocycles. The number of thiazole rings is 1. The van der Waals surface area contributed by atoms with Gasteiger partial charge >= 0.3 is 6.18 Å². The zero-order chi connectivity index (χ0) is 18.9. The summed E-state index contributed by atoms with van der Waals surface area (Å²) in [6.07, 6.45) is -2.93. The monoisotopic (exact) mass is 385 g/mol. The van der Waals surface area contributed by atoms with Crippen LogP contribution in [0.1, 0.15) is 37.1 Å². The molecule has 0 radical (unpaired) electrons. The fraction of sp³-hybridized carbons (Fsp3) is 0.500. The van der Waals surface area contributed by atoms with Crippen molar-refractivity contribution in [1.29, 1.82) is 0 Å². The molecule has 1 aromatic heterocycles. The van der Waals surface area contributed by atoms with Gasteiger partial charge in [-0.15, -0.1) is 11.3 Å². The maximum absolute atomic E-state index is 13.1. The summed E-state index contributed by atoms with van der Waals surface area (Å²) in [6.45, 7) is 5.35. The van der Waals surface area contributed by atoms with Crippen molar-refractivity contribution in [3.05, 3.63) is 34.7 Å². The number of nitrogens with zero attached hydrogens (tertiary/aromatic N) is 2. The predicted molar refractivity (Wildman–Crippen MR) is 97.0 cm³/mol. The lowest BCUT2D eigenvalue weighted by molar-refractivity contribution is -0.137. The lowest BCUT2D eigenvalue weighted by atomic mass is 10.1. The maximum atomic E-state index is 13.1. The van der Waals surface area contributed by atoms with Crippen LogP contribution < -0.4 is 5.32 Å². The Labute approximate surface area is 154 Å². The number of aromatic nitrogens is 1. The Bertz CT molecular complexity index is 760. The second-order valence-corrected chi connectivity index (χ2v) is 7.74. The molecule has 2 N–H and O–H groups in total. The van der Waals surface area contributed by atoms with E-state index in [1.54, 1.807) is 13.0 Å². The van der Waals surface area contributed by atoms with Crippen molar-refractivity contribution in [3.8, 4) is 11.3 Å². The summed E-state index contributed by atoms with van der Waals surface area (Å²) in [5.41, 5.74) is 0.299. The van der Waals surface area contributed by atoms with Crippen LogP contribution in [0.2, 0.25) is 0 Å². The Morgan fingerprint density at radius 1 is 1.42 bits per heavy atom. The van der Waals surface area contributed by atoms with Gasteiger partial charge in [-0.05, 0) is 45.4 Å². The number of rotatable bonds is 5. The fourth-order valence-electron chi connectivity index (χ4n) is 3.18. The lowest BCUT2D eigenvalue weighted by Gasteiger charge is -2.20. The van der Waals surface area contributed by atoms with Gasteiger partial charge in [-0.1, -0.05) is 12.1 Å². The zero-order valence-electron chi connectivity index (χ0n) is 14.7. The summed E-state index contributed by atoms with van der Waals surface area (Å²) in [7, 11) is 0. The molecule has 3 rings (SSSR count). The molecule has 1 fully saturated rings. The average Bonchev–Trinajstić information content (AvgIpc) is 3.13. The highest BCUT2D eigenvalue weighted by Gasteiger charge is 2.31. The van der Waals surface area contributed by atoms with Gasteiger partial charge in [0.2, 0.25) is 0 Å². The third kappa shape index (κ3) is 4.36. The molecule has 8 heteroatoms. The quantitative estimate of drug-likeness (QED) is 0.741. The van der Waals surface area contributed by atoms with Crippen LogP contribution in [0.4, 0.5) is 18.3 Å². The zero-order valence-corrected chi connectivity index (χ0v) is 15.5. The number of aliphatic hydroxyl groups is 1. The van der Waals surface area contributed by atoms with E-state index in [9.17, 15) is 18.3 Å². The first kappa shape index (κ1) is 19.1. The largest absolute Gasteiger partial charge is 0.416 e. The van der Waals surface area contributed by atoms with E-state index in [2.05, 4.69) is 22.1 Å². The molecule has 1 saturated heterocycles. The van der Waals surface area contributed by atoms with E-state index >= 15 is 0 Å². The average molecular weight is 385 g/mol. The summed E-state index contributed by atoms with van der Waals surface area (Å²) in [4.78, 5) is 7.68. The molecule has 26 heavy (non-hydrogen) atoms. The smallest absolute Gasteiger partial charge is 0.374 e. The minimum absolute atomic E-state index is 0.441. The van der Waals surface area contributed by atoms with Crippen LogP contribution in [0.25, 0.3) is 11.3 Å². The van der Waals surface area contributed by atoms with E-state index in [1.807, 2.05) is 0 Å². The highest BCUT2D eigenvalue weighted by molar-refractivity contribution is 7.16. The number of anilines is 1. The number of nitrogens with one attached hydrogen (secondary N) is 1. The summed E-state index contributed by atoms with van der Waals surface area (Å²) in [6, 6.07) is 5.69. The first-order chi connectivity index (χ1) is 12.2. The van der Waals surface area contributed by atoms with Crippen molar-refractivity contribution in [1.82, 2.24) is 9.88 Å². The third-order valence-corrected chi connectivity index (χ3v) is 5.50. The SMILES string of the molecule is CC(O)Nc1nc(-c2cccc(C(F)(F)F)c2)c(CN2CCC[C@H]2C)s1. The number of benzene rings is 1. The van der Waals surface area contributed by atoms with Crippen molar-refractivity contribution in [2.45, 2.75) is 51.7 Å². The molecular formula is C18H22F3N3OS. The molecule has 1 unspecified atom stereocenters. The lowest BCUT2D eigenvalue weighted by Crippen LogP contribution is -2.25. The number of hydrogen-bond donors (Lipinski definition) is 2. The first-order valence-electron chi connectivity index (χ1n) is 8.60. The third-order valence-electron chi connectivity index (χ3n) is 4.53. The van der Waals surface area contributed by atoms with Gasteiger partial charge in [-0.2, -0.15) is 13.2 Å². The van der Waals surface area contributed by atoms with E-state index in [4.69, 9.17) is 0 Å². The Balaban J connectivity index is 1.97. The fourth-order valence-corrected chi connectivity index (χ4v) is 4.27. The summed E-state index contributed by atoms with van der Waals surface area (Å²) in [5, 5.41) is 12.9. The van der Waals surface area contributed by atoms with Crippen LogP contribution in [0.5, 0.6) is 0 Å². The van der Waals surface area contributed by atoms with Gasteiger partial charge in [0.05, 0.1) is 11.3 Å². The van der Waals surface area contributed by atoms with Gasteiger partial charge in [0.15, 0.2) is 5.13 Å². The van der Waals surface area contributed by atoms with E-state index in [-0.39, 0.29) is 0 Å². The normalized spacial score (nSPS) is 19.7. The molecule has 2 atom stereocenters. The Morgan fingerprint density at radius 2 is 2.19 bits per heavy atom. The van der Waals surface area contributed by atoms with Crippen molar-refractivity contribution in [3.63, 3.8) is 0 Å². The van der Waals surface area contributed by atoms with Crippen LogP contribution in [0, 0.1) is 0 Å². The van der Waals surface area contributed by atoms with E-state index in [1.165, 1.54) is 17.4 Å². The van der Waals surface area contributed by atoms with Gasteiger partial charge in [-0.25, -0.2) is 4.98 Å². The first-order valence-corrected chi connectivity index (χ1v) is 9.41. The topological polar surface area (TPSA) is 48.4 Å². The number of likely N-dealkylation sites (tertiary alicyclic amines) is 1. The number of aliphatic hydroxyl groups excluding tert-OH is 1. The second kappa shape index (κ2) is 7.54. The van der Waals surface area contributed by atoms with Crippen molar-refractivity contribution >= 4 is 16.5 Å². The molecule has 0 amide bonds. The molecule has 0 saturated carbocycles. The minimum Gasteiger partial charge on any atom is -0.374 e. The predicted octanol–water partition coefficient (Wildman–Crippen LogP) is 4.56. The summed E-state index contributed by atoms with van der Waals surface area (Å²) in [5.74, 6) is 0. The van der Waals surface area contributed by atoms with Crippen molar-refractivity contribution < 1.29 is 18.3 Å². The second-order valence-electron chi connectivity index (χ2n) is 6.65. The van der Waals surface area contributed by atoms with Crippen LogP contribution in [0.15, 0.2) is 24.3 Å². The number of alkyl halides is 3. The minimum atomic E-state index is -4.39. The van der Waals surface area contributed by atoms with E-state index in [0.717, 1.165) is 36.4 Å². The van der Waals surface area contributed by atoms with Gasteiger partial charge in [0.1, 0.15) is 6.23 Å². The van der Waals surface area contributed by atoms with Crippen LogP contribution >= 0.6 is 11.3 Å². The Hall–Kier alpha value is -1.64. The molecule has 1 aromatic carbocycles.